The molecular weight excluding hydrogens is 256 g/mol. The second-order valence-electron chi connectivity index (χ2n) is 6.65. The predicted octanol–water partition coefficient (Wildman–Crippen LogP) is 2.40. The van der Waals surface area contributed by atoms with Crippen LogP contribution in [0.5, 0.6) is 0 Å². The van der Waals surface area contributed by atoms with Crippen LogP contribution in [0.4, 0.5) is 4.79 Å². The molecule has 20 heavy (non-hydrogen) atoms. The summed E-state index contributed by atoms with van der Waals surface area (Å²) in [5, 5.41) is 2.79. The fraction of sp³-hybridized carbons (Fsp3) is 0.933. The fourth-order valence-corrected chi connectivity index (χ4v) is 2.43. The minimum Gasteiger partial charge on any atom is -0.444 e. The Kier molecular flexibility index (Phi) is 6.76. The first-order chi connectivity index (χ1) is 9.26. The van der Waals surface area contributed by atoms with Gasteiger partial charge in [-0.3, -0.25) is 4.90 Å². The third-order valence-electron chi connectivity index (χ3n) is 3.06. The molecule has 0 spiro atoms. The third kappa shape index (κ3) is 7.70. The van der Waals surface area contributed by atoms with Gasteiger partial charge >= 0.3 is 6.09 Å². The van der Waals surface area contributed by atoms with Crippen molar-refractivity contribution in [1.82, 2.24) is 10.2 Å². The number of hydrogen-bond donors (Lipinski definition) is 1. The van der Waals surface area contributed by atoms with E-state index in [0.717, 1.165) is 32.5 Å². The van der Waals surface area contributed by atoms with Gasteiger partial charge in [0.15, 0.2) is 0 Å². The van der Waals surface area contributed by atoms with E-state index in [4.69, 9.17) is 9.47 Å². The van der Waals surface area contributed by atoms with Gasteiger partial charge < -0.3 is 14.8 Å². The van der Waals surface area contributed by atoms with Gasteiger partial charge in [-0.05, 0) is 54.0 Å². The Labute approximate surface area is 123 Å². The molecule has 2 atom stereocenters. The van der Waals surface area contributed by atoms with Crippen LogP contribution < -0.4 is 5.32 Å². The van der Waals surface area contributed by atoms with Crippen molar-refractivity contribution in [2.24, 2.45) is 0 Å². The Morgan fingerprint density at radius 1 is 1.25 bits per heavy atom. The van der Waals surface area contributed by atoms with E-state index in [1.54, 1.807) is 0 Å². The summed E-state index contributed by atoms with van der Waals surface area (Å²) in [6.45, 7) is 13.6. The molecule has 1 saturated heterocycles. The smallest absolute Gasteiger partial charge is 0.407 e. The number of morpholine rings is 1. The second kappa shape index (κ2) is 7.84. The van der Waals surface area contributed by atoms with Crippen molar-refractivity contribution >= 4 is 6.09 Å². The maximum absolute atomic E-state index is 11.4. The number of nitrogens with zero attached hydrogens (tertiary/aromatic N) is 1. The Bertz CT molecular complexity index is 292. The monoisotopic (exact) mass is 286 g/mol. The van der Waals surface area contributed by atoms with Crippen molar-refractivity contribution in [1.29, 1.82) is 0 Å². The number of rotatable bonds is 5. The second-order valence-corrected chi connectivity index (χ2v) is 6.65. The number of unbranched alkanes of at least 4 members (excludes halogenated alkanes) is 1. The van der Waals surface area contributed by atoms with Crippen LogP contribution in [-0.2, 0) is 9.47 Å². The number of hydrogen-bond acceptors (Lipinski definition) is 4. The van der Waals surface area contributed by atoms with E-state index in [-0.39, 0.29) is 6.09 Å². The van der Waals surface area contributed by atoms with E-state index >= 15 is 0 Å². The summed E-state index contributed by atoms with van der Waals surface area (Å²) in [6, 6.07) is 0. The van der Waals surface area contributed by atoms with Gasteiger partial charge in [0.25, 0.3) is 0 Å². The summed E-state index contributed by atoms with van der Waals surface area (Å²) >= 11 is 0. The summed E-state index contributed by atoms with van der Waals surface area (Å²) in [5.41, 5.74) is -0.426. The molecule has 1 N–H and O–H groups in total. The molecule has 0 bridgehead atoms. The van der Waals surface area contributed by atoms with E-state index < -0.39 is 5.60 Å². The van der Waals surface area contributed by atoms with Crippen LogP contribution in [0.3, 0.4) is 0 Å². The Hall–Kier alpha value is -0.810. The lowest BCUT2D eigenvalue weighted by atomic mass is 10.2. The maximum Gasteiger partial charge on any atom is 0.407 e. The zero-order valence-electron chi connectivity index (χ0n) is 13.6. The zero-order chi connectivity index (χ0) is 15.2. The lowest BCUT2D eigenvalue weighted by Crippen LogP contribution is -2.45. The van der Waals surface area contributed by atoms with Gasteiger partial charge in [-0.25, -0.2) is 4.79 Å². The molecule has 0 unspecified atom stereocenters. The molecule has 0 aromatic rings. The van der Waals surface area contributed by atoms with Crippen LogP contribution in [0.25, 0.3) is 0 Å². The molecule has 0 aromatic heterocycles. The Morgan fingerprint density at radius 2 is 1.85 bits per heavy atom. The zero-order valence-corrected chi connectivity index (χ0v) is 13.6. The Morgan fingerprint density at radius 3 is 2.40 bits per heavy atom. The van der Waals surface area contributed by atoms with Gasteiger partial charge in [0.1, 0.15) is 5.60 Å². The molecule has 1 rings (SSSR count). The van der Waals surface area contributed by atoms with E-state index in [2.05, 4.69) is 24.1 Å². The van der Waals surface area contributed by atoms with E-state index in [9.17, 15) is 4.79 Å². The van der Waals surface area contributed by atoms with Gasteiger partial charge in [0, 0.05) is 19.6 Å². The summed E-state index contributed by atoms with van der Waals surface area (Å²) in [6.07, 6.45) is 2.36. The molecule has 118 valence electrons. The average Bonchev–Trinajstić information content (AvgIpc) is 2.24. The standard InChI is InChI=1S/C15H30N2O3/c1-12-10-17(11-13(2)19-12)9-7-6-8-16-14(18)20-15(3,4)5/h12-13H,6-11H2,1-5H3,(H,16,18)/t12-,13-/m1/s1. The fourth-order valence-electron chi connectivity index (χ4n) is 2.43. The van der Waals surface area contributed by atoms with Crippen molar-refractivity contribution in [3.63, 3.8) is 0 Å². The van der Waals surface area contributed by atoms with Gasteiger partial charge in [-0.15, -0.1) is 0 Å². The molecule has 1 aliphatic rings. The van der Waals surface area contributed by atoms with Gasteiger partial charge in [-0.1, -0.05) is 0 Å². The average molecular weight is 286 g/mol. The summed E-state index contributed by atoms with van der Waals surface area (Å²) in [5.74, 6) is 0. The highest BCUT2D eigenvalue weighted by Gasteiger charge is 2.21. The highest BCUT2D eigenvalue weighted by atomic mass is 16.6. The SMILES string of the molecule is C[C@@H]1CN(CCCCNC(=O)OC(C)(C)C)C[C@@H](C)O1. The molecule has 0 radical (unpaired) electrons. The van der Waals surface area contributed by atoms with Crippen LogP contribution in [0.2, 0.25) is 0 Å². The lowest BCUT2D eigenvalue weighted by molar-refractivity contribution is -0.0681. The first-order valence-corrected chi connectivity index (χ1v) is 7.61. The van der Waals surface area contributed by atoms with Crippen molar-refractivity contribution in [2.45, 2.75) is 65.3 Å². The quantitative estimate of drug-likeness (QED) is 0.789. The lowest BCUT2D eigenvalue weighted by Gasteiger charge is -2.35. The molecule has 5 nitrogen and oxygen atoms in total. The summed E-state index contributed by atoms with van der Waals surface area (Å²) in [7, 11) is 0. The molecule has 1 heterocycles. The number of carbonyl (C=O) groups is 1. The van der Waals surface area contributed by atoms with Crippen molar-refractivity contribution in [3.05, 3.63) is 0 Å². The molecule has 1 fully saturated rings. The summed E-state index contributed by atoms with van der Waals surface area (Å²) in [4.78, 5) is 13.9. The molecular formula is C15H30N2O3. The van der Waals surface area contributed by atoms with E-state index in [1.165, 1.54) is 0 Å². The largest absolute Gasteiger partial charge is 0.444 e. The Balaban J connectivity index is 2.06. The highest BCUT2D eigenvalue weighted by Crippen LogP contribution is 2.11. The normalized spacial score (nSPS) is 24.4. The number of nitrogens with one attached hydrogen (secondary N) is 1. The van der Waals surface area contributed by atoms with Crippen molar-refractivity contribution in [3.8, 4) is 0 Å². The first kappa shape index (κ1) is 17.2. The number of ether oxygens (including phenoxy) is 2. The van der Waals surface area contributed by atoms with E-state index in [0.29, 0.717) is 18.8 Å². The van der Waals surface area contributed by atoms with Gasteiger partial charge in [-0.2, -0.15) is 0 Å². The molecule has 1 amide bonds. The summed E-state index contributed by atoms with van der Waals surface area (Å²) < 4.78 is 10.9. The third-order valence-corrected chi connectivity index (χ3v) is 3.06. The number of amides is 1. The topological polar surface area (TPSA) is 50.8 Å². The molecule has 0 aliphatic carbocycles. The molecule has 5 heteroatoms. The number of carbonyl (C=O) groups excluding carboxylic acids is 1. The first-order valence-electron chi connectivity index (χ1n) is 7.61. The maximum atomic E-state index is 11.4. The van der Waals surface area contributed by atoms with Crippen LogP contribution in [0.1, 0.15) is 47.5 Å². The molecule has 0 saturated carbocycles. The predicted molar refractivity (Wildman–Crippen MR) is 79.9 cm³/mol. The number of alkyl carbamates (subject to hydrolysis) is 1. The van der Waals surface area contributed by atoms with Crippen LogP contribution in [0.15, 0.2) is 0 Å². The van der Waals surface area contributed by atoms with Gasteiger partial charge in [0.05, 0.1) is 12.2 Å². The minimum atomic E-state index is -0.426. The van der Waals surface area contributed by atoms with Crippen molar-refractivity contribution < 1.29 is 14.3 Å². The van der Waals surface area contributed by atoms with Crippen molar-refractivity contribution in [2.75, 3.05) is 26.2 Å². The molecule has 1 aliphatic heterocycles. The van der Waals surface area contributed by atoms with Crippen LogP contribution in [-0.4, -0.2) is 55.0 Å². The van der Waals surface area contributed by atoms with Gasteiger partial charge in [0.2, 0.25) is 0 Å². The highest BCUT2D eigenvalue weighted by molar-refractivity contribution is 5.67. The minimum absolute atomic E-state index is 0.318. The van der Waals surface area contributed by atoms with Crippen LogP contribution in [0, 0.1) is 0 Å². The van der Waals surface area contributed by atoms with Crippen LogP contribution >= 0.6 is 0 Å². The molecule has 0 aromatic carbocycles. The van der Waals surface area contributed by atoms with E-state index in [1.807, 2.05) is 20.8 Å².